The van der Waals surface area contributed by atoms with Crippen LogP contribution in [0.1, 0.15) is 48.4 Å². The molecule has 0 aliphatic carbocycles. The average molecular weight is 354 g/mol. The van der Waals surface area contributed by atoms with Gasteiger partial charge in [-0.15, -0.1) is 5.10 Å². The fraction of sp³-hybridized carbons (Fsp3) is 0.250. The van der Waals surface area contributed by atoms with E-state index in [1.165, 1.54) is 4.68 Å². The number of anilines is 1. The maximum Gasteiger partial charge on any atom is 0.293 e. The number of hydrazone groups is 1. The summed E-state index contributed by atoms with van der Waals surface area (Å²) in [7, 11) is 0. The van der Waals surface area contributed by atoms with Crippen LogP contribution >= 0.6 is 0 Å². The molecule has 3 N–H and O–H groups in total. The highest BCUT2D eigenvalue weighted by Gasteiger charge is 2.25. The summed E-state index contributed by atoms with van der Waals surface area (Å²) in [6, 6.07) is 9.51. The fourth-order valence-electron chi connectivity index (χ4n) is 2.39. The van der Waals surface area contributed by atoms with Gasteiger partial charge in [-0.25, -0.2) is 10.1 Å². The van der Waals surface area contributed by atoms with Gasteiger partial charge in [-0.2, -0.15) is 9.78 Å². The second-order valence-electron chi connectivity index (χ2n) is 5.87. The van der Waals surface area contributed by atoms with Crippen LogP contribution in [0.5, 0.6) is 0 Å². The first-order valence-corrected chi connectivity index (χ1v) is 7.93. The number of amides is 1. The van der Waals surface area contributed by atoms with Crippen molar-refractivity contribution in [2.75, 3.05) is 5.73 Å². The zero-order valence-corrected chi connectivity index (χ0v) is 14.5. The molecule has 2 heterocycles. The molecule has 2 aromatic heterocycles. The summed E-state index contributed by atoms with van der Waals surface area (Å²) >= 11 is 0. The number of benzene rings is 1. The summed E-state index contributed by atoms with van der Waals surface area (Å²) in [5, 5.41) is 19.3. The van der Waals surface area contributed by atoms with Crippen molar-refractivity contribution in [3.05, 3.63) is 47.3 Å². The lowest BCUT2D eigenvalue weighted by Gasteiger charge is -2.08. The van der Waals surface area contributed by atoms with Gasteiger partial charge in [0.15, 0.2) is 5.69 Å². The molecule has 0 atom stereocenters. The standard InChI is InChI=1S/C16H18N8O2/c1-9(2)13-12(19-23-24(13)15-14(17)21-26-22-15)16(25)20-18-10(3)11-7-5-4-6-8-11/h4-9H,1-3H3,(H2,17,21)(H,20,25). The fourth-order valence-corrected chi connectivity index (χ4v) is 2.39. The molecule has 0 unspecified atom stereocenters. The van der Waals surface area contributed by atoms with E-state index in [2.05, 4.69) is 35.8 Å². The van der Waals surface area contributed by atoms with Gasteiger partial charge in [-0.3, -0.25) is 4.79 Å². The molecule has 134 valence electrons. The largest absolute Gasteiger partial charge is 0.378 e. The number of nitrogens with one attached hydrogen (secondary N) is 1. The van der Waals surface area contributed by atoms with Crippen LogP contribution in [0.2, 0.25) is 0 Å². The highest BCUT2D eigenvalue weighted by molar-refractivity contribution is 6.00. The second kappa shape index (κ2) is 7.13. The van der Waals surface area contributed by atoms with Crippen molar-refractivity contribution in [3.8, 4) is 5.82 Å². The van der Waals surface area contributed by atoms with E-state index in [-0.39, 0.29) is 23.2 Å². The Labute approximate surface area is 149 Å². The van der Waals surface area contributed by atoms with Crippen LogP contribution in [-0.2, 0) is 0 Å². The number of carbonyl (C=O) groups excluding carboxylic acids is 1. The van der Waals surface area contributed by atoms with Crippen LogP contribution in [0.3, 0.4) is 0 Å². The molecule has 0 saturated heterocycles. The molecule has 0 spiro atoms. The van der Waals surface area contributed by atoms with Crippen LogP contribution in [0.4, 0.5) is 5.82 Å². The molecule has 10 heteroatoms. The van der Waals surface area contributed by atoms with Crippen molar-refractivity contribution >= 4 is 17.4 Å². The highest BCUT2D eigenvalue weighted by Crippen LogP contribution is 2.22. The predicted octanol–water partition coefficient (Wildman–Crippen LogP) is 1.51. The third-order valence-electron chi connectivity index (χ3n) is 3.68. The van der Waals surface area contributed by atoms with Gasteiger partial charge < -0.3 is 5.73 Å². The van der Waals surface area contributed by atoms with Crippen molar-refractivity contribution < 1.29 is 9.42 Å². The minimum absolute atomic E-state index is 0.0571. The van der Waals surface area contributed by atoms with E-state index in [1.807, 2.05) is 44.2 Å². The van der Waals surface area contributed by atoms with Gasteiger partial charge in [-0.1, -0.05) is 49.4 Å². The Balaban J connectivity index is 1.88. The minimum Gasteiger partial charge on any atom is -0.378 e. The third-order valence-corrected chi connectivity index (χ3v) is 3.68. The molecule has 3 aromatic rings. The van der Waals surface area contributed by atoms with Crippen molar-refractivity contribution in [2.45, 2.75) is 26.7 Å². The molecule has 10 nitrogen and oxygen atoms in total. The smallest absolute Gasteiger partial charge is 0.293 e. The zero-order valence-electron chi connectivity index (χ0n) is 14.5. The van der Waals surface area contributed by atoms with Crippen LogP contribution < -0.4 is 11.2 Å². The predicted molar refractivity (Wildman–Crippen MR) is 93.8 cm³/mol. The van der Waals surface area contributed by atoms with Crippen molar-refractivity contribution in [3.63, 3.8) is 0 Å². The van der Waals surface area contributed by atoms with Crippen molar-refractivity contribution in [1.82, 2.24) is 30.7 Å². The molecule has 0 aliphatic rings. The van der Waals surface area contributed by atoms with E-state index in [1.54, 1.807) is 6.92 Å². The molecular formula is C16H18N8O2. The average Bonchev–Trinajstić information content (AvgIpc) is 3.25. The van der Waals surface area contributed by atoms with Gasteiger partial charge >= 0.3 is 0 Å². The second-order valence-corrected chi connectivity index (χ2v) is 5.87. The molecule has 1 aromatic carbocycles. The van der Waals surface area contributed by atoms with E-state index in [0.29, 0.717) is 11.4 Å². The zero-order chi connectivity index (χ0) is 18.7. The normalized spacial score (nSPS) is 11.8. The first kappa shape index (κ1) is 17.3. The number of rotatable bonds is 5. The molecule has 0 saturated carbocycles. The summed E-state index contributed by atoms with van der Waals surface area (Å²) < 4.78 is 5.94. The summed E-state index contributed by atoms with van der Waals surface area (Å²) in [5.74, 6) is -0.322. The molecule has 0 bridgehead atoms. The van der Waals surface area contributed by atoms with Gasteiger partial charge in [0.05, 0.1) is 11.4 Å². The number of nitrogens with zero attached hydrogens (tertiary/aromatic N) is 6. The van der Waals surface area contributed by atoms with E-state index >= 15 is 0 Å². The minimum atomic E-state index is -0.481. The molecule has 26 heavy (non-hydrogen) atoms. The Bertz CT molecular complexity index is 942. The molecule has 3 rings (SSSR count). The first-order chi connectivity index (χ1) is 12.5. The van der Waals surface area contributed by atoms with Crippen LogP contribution in [-0.4, -0.2) is 36.9 Å². The monoisotopic (exact) mass is 354 g/mol. The number of carbonyl (C=O) groups is 1. The van der Waals surface area contributed by atoms with E-state index < -0.39 is 5.91 Å². The molecule has 1 amide bonds. The van der Waals surface area contributed by atoms with Crippen molar-refractivity contribution in [2.24, 2.45) is 5.10 Å². The molecule has 0 fully saturated rings. The SMILES string of the molecule is CC(=NNC(=O)c1nnn(-c2nonc2N)c1C(C)C)c1ccccc1. The lowest BCUT2D eigenvalue weighted by molar-refractivity contribution is 0.0948. The number of hydrogen-bond acceptors (Lipinski definition) is 8. The summed E-state index contributed by atoms with van der Waals surface area (Å²) in [6.07, 6.45) is 0. The summed E-state index contributed by atoms with van der Waals surface area (Å²) in [6.45, 7) is 5.60. The third kappa shape index (κ3) is 3.29. The Kier molecular flexibility index (Phi) is 4.74. The number of hydrogen-bond donors (Lipinski definition) is 2. The lowest BCUT2D eigenvalue weighted by Crippen LogP contribution is -2.22. The van der Waals surface area contributed by atoms with Crippen LogP contribution in [0, 0.1) is 0 Å². The lowest BCUT2D eigenvalue weighted by atomic mass is 10.1. The number of nitrogen functional groups attached to an aromatic ring is 1. The van der Waals surface area contributed by atoms with Gasteiger partial charge in [0, 0.05) is 0 Å². The summed E-state index contributed by atoms with van der Waals surface area (Å²) in [5.41, 5.74) is 10.5. The van der Waals surface area contributed by atoms with E-state index in [0.717, 1.165) is 5.56 Å². The summed E-state index contributed by atoms with van der Waals surface area (Å²) in [4.78, 5) is 12.5. The van der Waals surface area contributed by atoms with Crippen LogP contribution in [0.25, 0.3) is 5.82 Å². The van der Waals surface area contributed by atoms with E-state index in [4.69, 9.17) is 5.73 Å². The molecular weight excluding hydrogens is 336 g/mol. The van der Waals surface area contributed by atoms with Gasteiger partial charge in [0.1, 0.15) is 0 Å². The topological polar surface area (TPSA) is 137 Å². The van der Waals surface area contributed by atoms with Gasteiger partial charge in [0.2, 0.25) is 11.6 Å². The van der Waals surface area contributed by atoms with Gasteiger partial charge in [0.25, 0.3) is 5.91 Å². The maximum absolute atomic E-state index is 12.5. The molecule has 0 radical (unpaired) electrons. The Hall–Kier alpha value is -3.56. The first-order valence-electron chi connectivity index (χ1n) is 7.93. The quantitative estimate of drug-likeness (QED) is 0.523. The maximum atomic E-state index is 12.5. The number of aromatic nitrogens is 5. The molecule has 0 aliphatic heterocycles. The highest BCUT2D eigenvalue weighted by atomic mass is 16.6. The van der Waals surface area contributed by atoms with Gasteiger partial charge in [-0.05, 0) is 28.7 Å². The number of nitrogens with two attached hydrogens (primary N) is 1. The Morgan fingerprint density at radius 3 is 2.62 bits per heavy atom. The van der Waals surface area contributed by atoms with Crippen molar-refractivity contribution in [1.29, 1.82) is 0 Å². The van der Waals surface area contributed by atoms with E-state index in [9.17, 15) is 4.79 Å². The van der Waals surface area contributed by atoms with Crippen LogP contribution in [0.15, 0.2) is 40.1 Å². The Morgan fingerprint density at radius 1 is 1.27 bits per heavy atom. The Morgan fingerprint density at radius 2 is 2.00 bits per heavy atom.